The Bertz CT molecular complexity index is 1940. The first kappa shape index (κ1) is 26.0. The molecule has 1 aliphatic rings. The number of para-hydroxylation sites is 2. The molecule has 7 rings (SSSR count). The number of aromatic nitrogens is 2. The zero-order chi connectivity index (χ0) is 29.0. The second-order valence-electron chi connectivity index (χ2n) is 11.6. The Balaban J connectivity index is 1.24. The lowest BCUT2D eigenvalue weighted by Gasteiger charge is -2.23. The first-order valence-corrected chi connectivity index (χ1v) is 14.5. The Morgan fingerprint density at radius 3 is 2.29 bits per heavy atom. The van der Waals surface area contributed by atoms with Gasteiger partial charge in [-0.15, -0.1) is 0 Å². The lowest BCUT2D eigenvalue weighted by molar-refractivity contribution is 0.475. The van der Waals surface area contributed by atoms with E-state index in [1.54, 1.807) is 6.07 Å². The van der Waals surface area contributed by atoms with E-state index in [1.165, 1.54) is 16.8 Å². The highest BCUT2D eigenvalue weighted by Gasteiger charge is 2.24. The minimum Gasteiger partial charge on any atom is -0.506 e. The van der Waals surface area contributed by atoms with E-state index in [1.807, 2.05) is 53.8 Å². The van der Waals surface area contributed by atoms with Crippen LogP contribution in [0.3, 0.4) is 0 Å². The van der Waals surface area contributed by atoms with E-state index in [4.69, 9.17) is 9.40 Å². The molecule has 0 fully saturated rings. The Kier molecular flexibility index (Phi) is 6.27. The fraction of sp³-hybridized carbons (Fsp3) is 0.194. The van der Waals surface area contributed by atoms with Crippen molar-refractivity contribution >= 4 is 33.3 Å². The molecule has 0 saturated heterocycles. The maximum atomic E-state index is 10.9. The molecule has 0 spiro atoms. The number of nitrogens with zero attached hydrogens (tertiary/aromatic N) is 4. The summed E-state index contributed by atoms with van der Waals surface area (Å²) in [6.07, 6.45) is 7.99. The predicted octanol–water partition coefficient (Wildman–Crippen LogP) is 9.15. The van der Waals surface area contributed by atoms with Gasteiger partial charge in [0, 0.05) is 46.8 Å². The van der Waals surface area contributed by atoms with Crippen LogP contribution in [0.5, 0.6) is 5.75 Å². The SMILES string of the molecule is CC(C)c1cccc(C(C)C)c1-n1ccnc1-c1cccc(N2C=CN(c3c(O)ccc4c3oc3ccccc34)C2)c1. The number of hydrogen-bond acceptors (Lipinski definition) is 5. The Labute approximate surface area is 245 Å². The molecule has 6 nitrogen and oxygen atoms in total. The molecular formula is C36H34N4O2. The third-order valence-electron chi connectivity index (χ3n) is 8.18. The van der Waals surface area contributed by atoms with Crippen LogP contribution in [0, 0.1) is 0 Å². The number of rotatable bonds is 6. The molecule has 3 heterocycles. The second-order valence-corrected chi connectivity index (χ2v) is 11.6. The zero-order valence-electron chi connectivity index (χ0n) is 24.3. The minimum atomic E-state index is 0.189. The third-order valence-corrected chi connectivity index (χ3v) is 8.18. The van der Waals surface area contributed by atoms with E-state index >= 15 is 0 Å². The van der Waals surface area contributed by atoms with Crippen molar-refractivity contribution in [2.75, 3.05) is 16.5 Å². The van der Waals surface area contributed by atoms with E-state index in [2.05, 4.69) is 85.8 Å². The number of anilines is 2. The number of imidazole rings is 1. The van der Waals surface area contributed by atoms with Gasteiger partial charge in [0.25, 0.3) is 0 Å². The van der Waals surface area contributed by atoms with Crippen molar-refractivity contribution in [1.29, 1.82) is 0 Å². The molecular weight excluding hydrogens is 520 g/mol. The summed E-state index contributed by atoms with van der Waals surface area (Å²) in [5.74, 6) is 1.87. The highest BCUT2D eigenvalue weighted by molar-refractivity contribution is 6.10. The van der Waals surface area contributed by atoms with E-state index < -0.39 is 0 Å². The number of benzene rings is 4. The van der Waals surface area contributed by atoms with Gasteiger partial charge in [0.2, 0.25) is 0 Å². The van der Waals surface area contributed by atoms with Crippen molar-refractivity contribution in [3.05, 3.63) is 115 Å². The van der Waals surface area contributed by atoms with E-state index in [0.29, 0.717) is 29.8 Å². The molecule has 0 unspecified atom stereocenters. The van der Waals surface area contributed by atoms with Crippen molar-refractivity contribution < 1.29 is 9.52 Å². The zero-order valence-corrected chi connectivity index (χ0v) is 24.3. The number of furan rings is 1. The monoisotopic (exact) mass is 554 g/mol. The molecule has 0 amide bonds. The standard InChI is InChI=1S/C36H34N4O2/c1-23(2)27-12-8-13-28(24(3)4)33(27)40-18-17-37-36(40)25-9-7-10-26(21-25)38-19-20-39(22-38)34-31(41)16-15-30-29-11-5-6-14-32(29)42-35(30)34/h5-21,23-24,41H,22H2,1-4H3. The molecule has 1 aliphatic heterocycles. The Morgan fingerprint density at radius 2 is 1.50 bits per heavy atom. The van der Waals surface area contributed by atoms with Crippen molar-refractivity contribution in [2.24, 2.45) is 0 Å². The van der Waals surface area contributed by atoms with Gasteiger partial charge in [-0.05, 0) is 53.3 Å². The molecule has 1 N–H and O–H groups in total. The van der Waals surface area contributed by atoms with Gasteiger partial charge < -0.3 is 19.3 Å². The van der Waals surface area contributed by atoms with Gasteiger partial charge in [-0.3, -0.25) is 4.57 Å². The smallest absolute Gasteiger partial charge is 0.162 e. The number of phenols is 1. The van der Waals surface area contributed by atoms with Gasteiger partial charge in [0.05, 0.1) is 12.4 Å². The van der Waals surface area contributed by atoms with Gasteiger partial charge in [0.1, 0.15) is 22.8 Å². The molecule has 4 aromatic carbocycles. The maximum Gasteiger partial charge on any atom is 0.162 e. The van der Waals surface area contributed by atoms with Crippen LogP contribution in [0.1, 0.15) is 50.7 Å². The van der Waals surface area contributed by atoms with Crippen LogP contribution < -0.4 is 9.80 Å². The lowest BCUT2D eigenvalue weighted by Crippen LogP contribution is -2.24. The quantitative estimate of drug-likeness (QED) is 0.222. The molecule has 0 aliphatic carbocycles. The van der Waals surface area contributed by atoms with Gasteiger partial charge >= 0.3 is 0 Å². The fourth-order valence-electron chi connectivity index (χ4n) is 6.09. The third kappa shape index (κ3) is 4.22. The Hall–Kier alpha value is -4.97. The molecule has 2 aromatic heterocycles. The first-order chi connectivity index (χ1) is 20.4. The second kappa shape index (κ2) is 10.1. The summed E-state index contributed by atoms with van der Waals surface area (Å²) < 4.78 is 8.47. The van der Waals surface area contributed by atoms with E-state index in [0.717, 1.165) is 33.4 Å². The largest absolute Gasteiger partial charge is 0.506 e. The van der Waals surface area contributed by atoms with Crippen LogP contribution in [0.15, 0.2) is 108 Å². The van der Waals surface area contributed by atoms with Crippen LogP contribution in [0.2, 0.25) is 0 Å². The minimum absolute atomic E-state index is 0.189. The van der Waals surface area contributed by atoms with Gasteiger partial charge in [-0.25, -0.2) is 4.98 Å². The van der Waals surface area contributed by atoms with Crippen molar-refractivity contribution in [3.63, 3.8) is 0 Å². The Morgan fingerprint density at radius 1 is 0.762 bits per heavy atom. The molecule has 0 saturated carbocycles. The normalized spacial score (nSPS) is 13.5. The highest BCUT2D eigenvalue weighted by atomic mass is 16.3. The summed E-state index contributed by atoms with van der Waals surface area (Å²) in [7, 11) is 0. The van der Waals surface area contributed by atoms with E-state index in [-0.39, 0.29) is 5.75 Å². The van der Waals surface area contributed by atoms with Gasteiger partial charge in [0.15, 0.2) is 5.58 Å². The molecule has 6 aromatic rings. The summed E-state index contributed by atoms with van der Waals surface area (Å²) in [6.45, 7) is 9.52. The maximum absolute atomic E-state index is 10.9. The molecule has 0 bridgehead atoms. The summed E-state index contributed by atoms with van der Waals surface area (Å²) in [6, 6.07) is 26.8. The molecule has 42 heavy (non-hydrogen) atoms. The van der Waals surface area contributed by atoms with Gasteiger partial charge in [-0.1, -0.05) is 76.2 Å². The van der Waals surface area contributed by atoms with Gasteiger partial charge in [-0.2, -0.15) is 0 Å². The highest BCUT2D eigenvalue weighted by Crippen LogP contribution is 2.42. The van der Waals surface area contributed by atoms with Crippen molar-refractivity contribution in [3.8, 4) is 22.8 Å². The van der Waals surface area contributed by atoms with E-state index in [9.17, 15) is 5.11 Å². The fourth-order valence-corrected chi connectivity index (χ4v) is 6.09. The van der Waals surface area contributed by atoms with Crippen LogP contribution in [0.25, 0.3) is 39.0 Å². The molecule has 6 heteroatoms. The summed E-state index contributed by atoms with van der Waals surface area (Å²) in [4.78, 5) is 9.03. The molecule has 0 radical (unpaired) electrons. The topological polar surface area (TPSA) is 57.7 Å². The van der Waals surface area contributed by atoms with Crippen molar-refractivity contribution in [2.45, 2.75) is 39.5 Å². The molecule has 210 valence electrons. The number of hydrogen-bond donors (Lipinski definition) is 1. The van der Waals surface area contributed by atoms with Crippen LogP contribution in [0.4, 0.5) is 11.4 Å². The lowest BCUT2D eigenvalue weighted by atomic mass is 9.92. The average molecular weight is 555 g/mol. The summed E-state index contributed by atoms with van der Waals surface area (Å²) >= 11 is 0. The number of phenolic OH excluding ortho intramolecular Hbond substituents is 1. The predicted molar refractivity (Wildman–Crippen MR) is 172 cm³/mol. The molecule has 0 atom stereocenters. The average Bonchev–Trinajstić information content (AvgIpc) is 3.75. The number of fused-ring (bicyclic) bond motifs is 3. The van der Waals surface area contributed by atoms with Crippen LogP contribution in [-0.2, 0) is 0 Å². The summed E-state index contributed by atoms with van der Waals surface area (Å²) in [5, 5.41) is 12.9. The van der Waals surface area contributed by atoms with Crippen LogP contribution in [-0.4, -0.2) is 21.3 Å². The first-order valence-electron chi connectivity index (χ1n) is 14.5. The van der Waals surface area contributed by atoms with Crippen molar-refractivity contribution in [1.82, 2.24) is 9.55 Å². The summed E-state index contributed by atoms with van der Waals surface area (Å²) in [5.41, 5.74) is 8.09. The number of aromatic hydroxyl groups is 1. The van der Waals surface area contributed by atoms with Crippen LogP contribution >= 0.6 is 0 Å².